The molecular formula is C11H25N3O2S. The molecule has 1 rings (SSSR count). The first-order valence-corrected chi connectivity index (χ1v) is 7.98. The van der Waals surface area contributed by atoms with Crippen molar-refractivity contribution >= 4 is 10.2 Å². The second-order valence-corrected chi connectivity index (χ2v) is 6.47. The molecule has 17 heavy (non-hydrogen) atoms. The molecule has 0 aromatic rings. The van der Waals surface area contributed by atoms with Gasteiger partial charge in [0.15, 0.2) is 0 Å². The molecule has 0 saturated carbocycles. The summed E-state index contributed by atoms with van der Waals surface area (Å²) in [4.78, 5) is 0. The molecule has 1 saturated heterocycles. The SMILES string of the molecule is CC(CCCN)NS(=O)(=O)N1CCCCCC1. The lowest BCUT2D eigenvalue weighted by molar-refractivity contribution is 0.406. The molecule has 102 valence electrons. The second kappa shape index (κ2) is 7.31. The molecule has 0 radical (unpaired) electrons. The molecule has 1 atom stereocenters. The van der Waals surface area contributed by atoms with Gasteiger partial charge in [0, 0.05) is 19.1 Å². The first kappa shape index (κ1) is 14.9. The lowest BCUT2D eigenvalue weighted by Crippen LogP contribution is -2.44. The maximum atomic E-state index is 12.1. The predicted molar refractivity (Wildman–Crippen MR) is 69.8 cm³/mol. The van der Waals surface area contributed by atoms with Crippen LogP contribution in [0.4, 0.5) is 0 Å². The standard InChI is InChI=1S/C11H25N3O2S/c1-11(7-6-8-12)13-17(15,16)14-9-4-2-3-5-10-14/h11,13H,2-10,12H2,1H3. The Morgan fingerprint density at radius 3 is 2.35 bits per heavy atom. The van der Waals surface area contributed by atoms with Crippen LogP contribution < -0.4 is 10.5 Å². The van der Waals surface area contributed by atoms with Crippen LogP contribution >= 0.6 is 0 Å². The van der Waals surface area contributed by atoms with E-state index in [0.717, 1.165) is 38.5 Å². The van der Waals surface area contributed by atoms with Crippen LogP contribution in [0.5, 0.6) is 0 Å². The molecule has 1 aliphatic heterocycles. The quantitative estimate of drug-likeness (QED) is 0.745. The van der Waals surface area contributed by atoms with Gasteiger partial charge in [0.1, 0.15) is 0 Å². The van der Waals surface area contributed by atoms with Gasteiger partial charge in [-0.05, 0) is 39.2 Å². The van der Waals surface area contributed by atoms with E-state index in [1.54, 1.807) is 4.31 Å². The van der Waals surface area contributed by atoms with E-state index in [4.69, 9.17) is 5.73 Å². The van der Waals surface area contributed by atoms with Gasteiger partial charge in [-0.3, -0.25) is 0 Å². The molecular weight excluding hydrogens is 238 g/mol. The maximum Gasteiger partial charge on any atom is 0.279 e. The first-order valence-electron chi connectivity index (χ1n) is 6.54. The van der Waals surface area contributed by atoms with Crippen molar-refractivity contribution in [3.63, 3.8) is 0 Å². The summed E-state index contributed by atoms with van der Waals surface area (Å²) >= 11 is 0. The van der Waals surface area contributed by atoms with Crippen LogP contribution in [0.3, 0.4) is 0 Å². The number of nitrogens with zero attached hydrogens (tertiary/aromatic N) is 1. The Labute approximate surface area is 105 Å². The highest BCUT2D eigenvalue weighted by molar-refractivity contribution is 7.87. The van der Waals surface area contributed by atoms with Crippen molar-refractivity contribution in [2.75, 3.05) is 19.6 Å². The summed E-state index contributed by atoms with van der Waals surface area (Å²) < 4.78 is 28.5. The van der Waals surface area contributed by atoms with E-state index in [1.165, 1.54) is 0 Å². The highest BCUT2D eigenvalue weighted by atomic mass is 32.2. The van der Waals surface area contributed by atoms with Gasteiger partial charge in [-0.1, -0.05) is 12.8 Å². The topological polar surface area (TPSA) is 75.4 Å². The van der Waals surface area contributed by atoms with Crippen molar-refractivity contribution < 1.29 is 8.42 Å². The summed E-state index contributed by atoms with van der Waals surface area (Å²) in [5.41, 5.74) is 5.42. The fraction of sp³-hybridized carbons (Fsp3) is 1.00. The molecule has 1 aliphatic rings. The summed E-state index contributed by atoms with van der Waals surface area (Å²) in [6.07, 6.45) is 5.85. The molecule has 0 amide bonds. The highest BCUT2D eigenvalue weighted by Gasteiger charge is 2.24. The summed E-state index contributed by atoms with van der Waals surface area (Å²) in [6.45, 7) is 3.80. The smallest absolute Gasteiger partial charge is 0.279 e. The minimum atomic E-state index is -3.29. The van der Waals surface area contributed by atoms with Gasteiger partial charge in [0.25, 0.3) is 10.2 Å². The van der Waals surface area contributed by atoms with E-state index < -0.39 is 10.2 Å². The fourth-order valence-corrected chi connectivity index (χ4v) is 3.61. The fourth-order valence-electron chi connectivity index (χ4n) is 2.09. The minimum absolute atomic E-state index is 0.0354. The molecule has 0 aromatic heterocycles. The largest absolute Gasteiger partial charge is 0.330 e. The van der Waals surface area contributed by atoms with Crippen molar-refractivity contribution in [2.45, 2.75) is 51.5 Å². The van der Waals surface area contributed by atoms with Gasteiger partial charge >= 0.3 is 0 Å². The third-order valence-corrected chi connectivity index (χ3v) is 4.84. The van der Waals surface area contributed by atoms with Gasteiger partial charge < -0.3 is 5.73 Å². The van der Waals surface area contributed by atoms with Gasteiger partial charge in [0.2, 0.25) is 0 Å². The molecule has 1 heterocycles. The van der Waals surface area contributed by atoms with E-state index in [-0.39, 0.29) is 6.04 Å². The van der Waals surface area contributed by atoms with Gasteiger partial charge in [-0.2, -0.15) is 17.4 Å². The van der Waals surface area contributed by atoms with E-state index in [2.05, 4.69) is 4.72 Å². The number of hydrogen-bond acceptors (Lipinski definition) is 3. The number of nitrogens with two attached hydrogens (primary N) is 1. The number of rotatable bonds is 6. The lowest BCUT2D eigenvalue weighted by atomic mass is 10.2. The van der Waals surface area contributed by atoms with E-state index in [0.29, 0.717) is 19.6 Å². The van der Waals surface area contributed by atoms with Crippen LogP contribution in [0.2, 0.25) is 0 Å². The van der Waals surface area contributed by atoms with Crippen LogP contribution in [0.1, 0.15) is 45.4 Å². The molecule has 0 spiro atoms. The van der Waals surface area contributed by atoms with Crippen LogP contribution in [0, 0.1) is 0 Å². The Bertz CT molecular complexity index is 298. The lowest BCUT2D eigenvalue weighted by Gasteiger charge is -2.23. The average Bonchev–Trinajstić information content (AvgIpc) is 2.54. The molecule has 0 aliphatic carbocycles. The molecule has 5 nitrogen and oxygen atoms in total. The van der Waals surface area contributed by atoms with Crippen molar-refractivity contribution in [2.24, 2.45) is 5.73 Å². The second-order valence-electron chi connectivity index (χ2n) is 4.77. The molecule has 3 N–H and O–H groups in total. The zero-order valence-corrected chi connectivity index (χ0v) is 11.5. The van der Waals surface area contributed by atoms with Crippen molar-refractivity contribution in [3.05, 3.63) is 0 Å². The minimum Gasteiger partial charge on any atom is -0.330 e. The zero-order valence-electron chi connectivity index (χ0n) is 10.7. The van der Waals surface area contributed by atoms with E-state index >= 15 is 0 Å². The van der Waals surface area contributed by atoms with Crippen molar-refractivity contribution in [1.29, 1.82) is 0 Å². The number of hydrogen-bond donors (Lipinski definition) is 2. The van der Waals surface area contributed by atoms with E-state index in [1.807, 2.05) is 6.92 Å². The first-order chi connectivity index (χ1) is 8.06. The van der Waals surface area contributed by atoms with Crippen LogP contribution in [0.15, 0.2) is 0 Å². The molecule has 1 unspecified atom stereocenters. The van der Waals surface area contributed by atoms with Crippen LogP contribution in [-0.4, -0.2) is 38.4 Å². The van der Waals surface area contributed by atoms with Crippen molar-refractivity contribution in [1.82, 2.24) is 9.03 Å². The van der Waals surface area contributed by atoms with E-state index in [9.17, 15) is 8.42 Å². The Morgan fingerprint density at radius 2 is 1.82 bits per heavy atom. The average molecular weight is 263 g/mol. The summed E-state index contributed by atoms with van der Waals surface area (Å²) in [5, 5.41) is 0. The monoisotopic (exact) mass is 263 g/mol. The summed E-state index contributed by atoms with van der Waals surface area (Å²) in [6, 6.07) is -0.0354. The number of nitrogens with one attached hydrogen (secondary N) is 1. The van der Waals surface area contributed by atoms with Crippen LogP contribution in [0.25, 0.3) is 0 Å². The van der Waals surface area contributed by atoms with Gasteiger partial charge in [0.05, 0.1) is 0 Å². The Balaban J connectivity index is 2.48. The van der Waals surface area contributed by atoms with Gasteiger partial charge in [-0.25, -0.2) is 0 Å². The predicted octanol–water partition coefficient (Wildman–Crippen LogP) is 0.824. The Kier molecular flexibility index (Phi) is 6.40. The molecule has 6 heteroatoms. The molecule has 1 fully saturated rings. The normalized spacial score (nSPS) is 21.1. The van der Waals surface area contributed by atoms with Crippen LogP contribution in [-0.2, 0) is 10.2 Å². The Hall–Kier alpha value is -0.170. The highest BCUT2D eigenvalue weighted by Crippen LogP contribution is 2.13. The summed E-state index contributed by atoms with van der Waals surface area (Å²) in [7, 11) is -3.29. The third kappa shape index (κ3) is 5.33. The maximum absolute atomic E-state index is 12.1. The third-order valence-electron chi connectivity index (χ3n) is 3.10. The van der Waals surface area contributed by atoms with Gasteiger partial charge in [-0.15, -0.1) is 0 Å². The summed E-state index contributed by atoms with van der Waals surface area (Å²) in [5.74, 6) is 0. The molecule has 0 aromatic carbocycles. The molecule has 0 bridgehead atoms. The van der Waals surface area contributed by atoms with Crippen molar-refractivity contribution in [3.8, 4) is 0 Å². The zero-order chi connectivity index (χ0) is 12.7. The Morgan fingerprint density at radius 1 is 1.24 bits per heavy atom.